The van der Waals surface area contributed by atoms with Gasteiger partial charge in [0.15, 0.2) is 5.52 Å². The number of pyridine rings is 1. The highest BCUT2D eigenvalue weighted by molar-refractivity contribution is 6.00. The molecule has 0 spiro atoms. The third-order valence-electron chi connectivity index (χ3n) is 5.05. The van der Waals surface area contributed by atoms with Crippen LogP contribution < -0.4 is 4.73 Å². The molecule has 29 heavy (non-hydrogen) atoms. The molecule has 2 aromatic heterocycles. The molecule has 6 nitrogen and oxygen atoms in total. The number of para-hydroxylation sites is 1. The van der Waals surface area contributed by atoms with E-state index in [1.807, 2.05) is 50.2 Å². The highest BCUT2D eigenvalue weighted by Gasteiger charge is 2.30. The minimum absolute atomic E-state index is 0.205. The molecular weight excluding hydrogens is 366 g/mol. The summed E-state index contributed by atoms with van der Waals surface area (Å²) < 4.78 is 8.34. The van der Waals surface area contributed by atoms with E-state index in [2.05, 4.69) is 16.7 Å². The van der Waals surface area contributed by atoms with Crippen LogP contribution in [-0.2, 0) is 21.5 Å². The van der Waals surface area contributed by atoms with Crippen LogP contribution in [0.3, 0.4) is 0 Å². The number of hydrogen-bond acceptors (Lipinski definition) is 4. The average molecular weight is 389 g/mol. The molecule has 2 aromatic carbocycles. The number of rotatable bonds is 5. The van der Waals surface area contributed by atoms with Crippen LogP contribution in [0.4, 0.5) is 0 Å². The summed E-state index contributed by atoms with van der Waals surface area (Å²) in [6, 6.07) is 17.6. The van der Waals surface area contributed by atoms with Gasteiger partial charge in [0.2, 0.25) is 11.7 Å². The van der Waals surface area contributed by atoms with Crippen molar-refractivity contribution in [3.63, 3.8) is 0 Å². The molecule has 0 unspecified atom stereocenters. The number of benzene rings is 2. The smallest absolute Gasteiger partial charge is 0.302 e. The van der Waals surface area contributed by atoms with Crippen molar-refractivity contribution in [1.29, 1.82) is 0 Å². The second-order valence-corrected chi connectivity index (χ2v) is 7.82. The van der Waals surface area contributed by atoms with Gasteiger partial charge in [-0.3, -0.25) is 4.79 Å². The number of hydrogen-bond donors (Lipinski definition) is 0. The van der Waals surface area contributed by atoms with E-state index >= 15 is 0 Å². The number of carbonyl (C=O) groups is 1. The van der Waals surface area contributed by atoms with Gasteiger partial charge in [-0.25, -0.2) is 4.98 Å². The van der Waals surface area contributed by atoms with Crippen molar-refractivity contribution in [3.05, 3.63) is 77.4 Å². The van der Waals surface area contributed by atoms with Gasteiger partial charge in [-0.15, -0.1) is 0 Å². The Morgan fingerprint density at radius 1 is 1.14 bits per heavy atom. The summed E-state index contributed by atoms with van der Waals surface area (Å²) >= 11 is 0. The summed E-state index contributed by atoms with van der Waals surface area (Å²) in [5.41, 5.74) is 2.64. The topological polar surface area (TPSA) is 71.1 Å². The first-order valence-corrected chi connectivity index (χ1v) is 9.57. The van der Waals surface area contributed by atoms with Crippen molar-refractivity contribution in [2.75, 3.05) is 6.61 Å². The van der Waals surface area contributed by atoms with Crippen LogP contribution in [0.15, 0.2) is 60.8 Å². The minimum Gasteiger partial charge on any atom is -0.618 e. The lowest BCUT2D eigenvalue weighted by Gasteiger charge is -2.29. The fraction of sp³-hybridized carbons (Fsp3) is 0.261. The molecule has 0 aliphatic carbocycles. The molecule has 6 heteroatoms. The molecule has 2 heterocycles. The quantitative estimate of drug-likeness (QED) is 0.296. The Kier molecular flexibility index (Phi) is 4.70. The summed E-state index contributed by atoms with van der Waals surface area (Å²) in [5.74, 6) is 0.495. The highest BCUT2D eigenvalue weighted by Crippen LogP contribution is 2.31. The highest BCUT2D eigenvalue weighted by atomic mass is 16.5. The molecule has 0 saturated carbocycles. The molecule has 0 aliphatic rings. The largest absolute Gasteiger partial charge is 0.618 e. The van der Waals surface area contributed by atoms with Gasteiger partial charge in [0, 0.05) is 19.4 Å². The average Bonchev–Trinajstić information content (AvgIpc) is 3.06. The maximum absolute atomic E-state index is 12.5. The number of aromatic nitrogens is 3. The van der Waals surface area contributed by atoms with E-state index in [0.717, 1.165) is 27.0 Å². The SMILES string of the molecule is CC(=O)OCC(C)(C)n1c(Cc2ccccc2)nc2c[n+]([O-])c3ccccc3c21. The second-order valence-electron chi connectivity index (χ2n) is 7.82. The molecule has 148 valence electrons. The van der Waals surface area contributed by atoms with Crippen LogP contribution in [0.2, 0.25) is 0 Å². The van der Waals surface area contributed by atoms with Crippen LogP contribution in [0.1, 0.15) is 32.2 Å². The summed E-state index contributed by atoms with van der Waals surface area (Å²) in [7, 11) is 0. The molecule has 0 aliphatic heterocycles. The van der Waals surface area contributed by atoms with Gasteiger partial charge in [-0.2, -0.15) is 4.73 Å². The second kappa shape index (κ2) is 7.20. The van der Waals surface area contributed by atoms with Crippen molar-refractivity contribution in [2.45, 2.75) is 32.7 Å². The van der Waals surface area contributed by atoms with Crippen molar-refractivity contribution in [2.24, 2.45) is 0 Å². The number of esters is 1. The van der Waals surface area contributed by atoms with Crippen molar-refractivity contribution >= 4 is 27.9 Å². The Bertz CT molecular complexity index is 1200. The number of imidazole rings is 1. The fourth-order valence-corrected chi connectivity index (χ4v) is 3.77. The van der Waals surface area contributed by atoms with Gasteiger partial charge in [0.25, 0.3) is 0 Å². The summed E-state index contributed by atoms with van der Waals surface area (Å²) in [5, 5.41) is 13.4. The maximum Gasteiger partial charge on any atom is 0.302 e. The van der Waals surface area contributed by atoms with Crippen molar-refractivity contribution < 1.29 is 14.3 Å². The Morgan fingerprint density at radius 3 is 2.55 bits per heavy atom. The van der Waals surface area contributed by atoms with E-state index < -0.39 is 5.54 Å². The molecule has 0 saturated heterocycles. The molecule has 0 fully saturated rings. The summed E-state index contributed by atoms with van der Waals surface area (Å²) in [6.45, 7) is 5.63. The Labute approximate surface area is 168 Å². The third-order valence-corrected chi connectivity index (χ3v) is 5.05. The molecule has 0 amide bonds. The third kappa shape index (κ3) is 3.53. The molecule has 4 rings (SSSR count). The summed E-state index contributed by atoms with van der Waals surface area (Å²) in [6.07, 6.45) is 2.12. The molecule has 0 N–H and O–H groups in total. The van der Waals surface area contributed by atoms with E-state index in [9.17, 15) is 10.0 Å². The zero-order valence-corrected chi connectivity index (χ0v) is 16.8. The molecule has 0 bridgehead atoms. The van der Waals surface area contributed by atoms with Gasteiger partial charge < -0.3 is 14.5 Å². The van der Waals surface area contributed by atoms with Crippen LogP contribution in [-0.4, -0.2) is 22.1 Å². The lowest BCUT2D eigenvalue weighted by Crippen LogP contribution is -2.34. The number of nitrogens with zero attached hydrogens (tertiary/aromatic N) is 3. The zero-order valence-electron chi connectivity index (χ0n) is 16.8. The van der Waals surface area contributed by atoms with Crippen LogP contribution in [0.25, 0.3) is 21.9 Å². The predicted molar refractivity (Wildman–Crippen MR) is 111 cm³/mol. The van der Waals surface area contributed by atoms with E-state index in [1.165, 1.54) is 13.1 Å². The van der Waals surface area contributed by atoms with Gasteiger partial charge in [0.1, 0.15) is 12.4 Å². The zero-order chi connectivity index (χ0) is 20.6. The normalized spacial score (nSPS) is 11.8. The van der Waals surface area contributed by atoms with Crippen LogP contribution in [0, 0.1) is 5.21 Å². The molecule has 0 atom stereocenters. The lowest BCUT2D eigenvalue weighted by atomic mass is 10.0. The van der Waals surface area contributed by atoms with E-state index in [-0.39, 0.29) is 12.6 Å². The molecular formula is C23H23N3O3. The number of carbonyl (C=O) groups excluding carboxylic acids is 1. The summed E-state index contributed by atoms with van der Waals surface area (Å²) in [4.78, 5) is 16.3. The Morgan fingerprint density at radius 2 is 1.83 bits per heavy atom. The van der Waals surface area contributed by atoms with E-state index in [0.29, 0.717) is 17.5 Å². The lowest BCUT2D eigenvalue weighted by molar-refractivity contribution is -0.575. The van der Waals surface area contributed by atoms with Crippen molar-refractivity contribution in [1.82, 2.24) is 9.55 Å². The van der Waals surface area contributed by atoms with E-state index in [4.69, 9.17) is 9.72 Å². The first-order valence-electron chi connectivity index (χ1n) is 9.57. The standard InChI is InChI=1S/C23H23N3O3/c1-16(27)29-15-23(2,3)26-21(13-17-9-5-4-6-10-17)24-19-14-25(28)20-12-8-7-11-18(20)22(19)26/h4-12,14H,13,15H2,1-3H3. The monoisotopic (exact) mass is 389 g/mol. The van der Waals surface area contributed by atoms with Crippen molar-refractivity contribution in [3.8, 4) is 0 Å². The Balaban J connectivity index is 1.98. The van der Waals surface area contributed by atoms with Gasteiger partial charge in [0.05, 0.1) is 16.4 Å². The maximum atomic E-state index is 12.5. The number of fused-ring (bicyclic) bond motifs is 3. The Hall–Kier alpha value is -3.41. The first kappa shape index (κ1) is 18.9. The molecule has 0 radical (unpaired) electrons. The first-order chi connectivity index (χ1) is 13.9. The van der Waals surface area contributed by atoms with Gasteiger partial charge in [-0.05, 0) is 25.5 Å². The number of ether oxygens (including phenoxy) is 1. The van der Waals surface area contributed by atoms with Crippen LogP contribution in [0.5, 0.6) is 0 Å². The van der Waals surface area contributed by atoms with Gasteiger partial charge in [-0.1, -0.05) is 42.5 Å². The van der Waals surface area contributed by atoms with Gasteiger partial charge >= 0.3 is 5.97 Å². The van der Waals surface area contributed by atoms with E-state index in [1.54, 1.807) is 6.07 Å². The predicted octanol–water partition coefficient (Wildman–Crippen LogP) is 3.71. The molecule has 4 aromatic rings. The minimum atomic E-state index is -0.553. The van der Waals surface area contributed by atoms with Crippen LogP contribution >= 0.6 is 0 Å². The fourth-order valence-electron chi connectivity index (χ4n) is 3.77.